The highest BCUT2D eigenvalue weighted by Crippen LogP contribution is 2.15. The molecule has 2 N–H and O–H groups in total. The van der Waals surface area contributed by atoms with Gasteiger partial charge in [-0.15, -0.1) is 0 Å². The molecular weight excluding hydrogens is 284 g/mol. The summed E-state index contributed by atoms with van der Waals surface area (Å²) in [6, 6.07) is 6.25. The molecule has 0 aliphatic carbocycles. The van der Waals surface area contributed by atoms with Crippen LogP contribution in [0.15, 0.2) is 24.3 Å². The van der Waals surface area contributed by atoms with Crippen molar-refractivity contribution in [2.24, 2.45) is 0 Å². The van der Waals surface area contributed by atoms with Crippen LogP contribution in [0.3, 0.4) is 0 Å². The number of nitrogens with one attached hydrogen (secondary N) is 1. The second kappa shape index (κ2) is 7.06. The van der Waals surface area contributed by atoms with Gasteiger partial charge in [0.1, 0.15) is 6.04 Å². The molecule has 1 unspecified atom stereocenters. The van der Waals surface area contributed by atoms with Crippen molar-refractivity contribution < 1.29 is 19.5 Å². The van der Waals surface area contributed by atoms with Crippen molar-refractivity contribution in [2.75, 3.05) is 13.1 Å². The molecule has 1 fully saturated rings. The number of carboxylic acid groups (broad SMARTS) is 1. The number of carbonyl (C=O) groups is 3. The number of rotatable bonds is 5. The van der Waals surface area contributed by atoms with Gasteiger partial charge in [0.15, 0.2) is 0 Å². The molecule has 6 nitrogen and oxygen atoms in total. The van der Waals surface area contributed by atoms with Crippen LogP contribution in [-0.4, -0.2) is 46.9 Å². The maximum Gasteiger partial charge on any atom is 0.335 e. The molecular formula is C16H20N2O4. The lowest BCUT2D eigenvalue weighted by Gasteiger charge is -2.34. The van der Waals surface area contributed by atoms with Crippen LogP contribution in [0.1, 0.15) is 35.7 Å². The van der Waals surface area contributed by atoms with Crippen molar-refractivity contribution in [2.45, 2.75) is 32.2 Å². The summed E-state index contributed by atoms with van der Waals surface area (Å²) in [5, 5.41) is 11.9. The second-order valence-electron chi connectivity index (χ2n) is 5.26. The van der Waals surface area contributed by atoms with Crippen molar-refractivity contribution >= 4 is 17.8 Å². The summed E-state index contributed by atoms with van der Waals surface area (Å²) in [5.74, 6) is -1.22. The number of amides is 2. The molecule has 0 radical (unpaired) electrons. The minimum absolute atomic E-state index is 0.109. The number of carbonyl (C=O) groups excluding carboxylic acids is 2. The Morgan fingerprint density at radius 3 is 2.77 bits per heavy atom. The lowest BCUT2D eigenvalue weighted by molar-refractivity contribution is -0.143. The van der Waals surface area contributed by atoms with Crippen molar-refractivity contribution in [3.63, 3.8) is 0 Å². The maximum absolute atomic E-state index is 12.4. The summed E-state index contributed by atoms with van der Waals surface area (Å²) in [6.45, 7) is 2.84. The van der Waals surface area contributed by atoms with E-state index in [-0.39, 0.29) is 23.8 Å². The number of carboxylic acids is 1. The molecule has 118 valence electrons. The van der Waals surface area contributed by atoms with Crippen LogP contribution in [0.2, 0.25) is 0 Å². The smallest absolute Gasteiger partial charge is 0.335 e. The Hall–Kier alpha value is -2.37. The Morgan fingerprint density at radius 1 is 1.36 bits per heavy atom. The van der Waals surface area contributed by atoms with Crippen LogP contribution in [0.4, 0.5) is 0 Å². The molecule has 1 aliphatic heterocycles. The van der Waals surface area contributed by atoms with E-state index < -0.39 is 12.0 Å². The van der Waals surface area contributed by atoms with Crippen LogP contribution in [0.5, 0.6) is 0 Å². The van der Waals surface area contributed by atoms with Crippen molar-refractivity contribution in [1.29, 1.82) is 0 Å². The Balaban J connectivity index is 2.04. The zero-order valence-corrected chi connectivity index (χ0v) is 12.5. The number of hydrogen-bond acceptors (Lipinski definition) is 3. The number of aryl methyl sites for hydroxylation is 1. The van der Waals surface area contributed by atoms with E-state index in [2.05, 4.69) is 5.32 Å². The molecule has 1 aromatic rings. The fraction of sp³-hybridized carbons (Fsp3) is 0.438. The van der Waals surface area contributed by atoms with E-state index >= 15 is 0 Å². The molecule has 0 saturated carbocycles. The lowest BCUT2D eigenvalue weighted by atomic mass is 10.0. The van der Waals surface area contributed by atoms with E-state index in [4.69, 9.17) is 5.11 Å². The molecule has 1 atom stereocenters. The van der Waals surface area contributed by atoms with Gasteiger partial charge >= 0.3 is 5.97 Å². The molecule has 2 amide bonds. The van der Waals surface area contributed by atoms with Crippen LogP contribution in [-0.2, 0) is 16.0 Å². The highest BCUT2D eigenvalue weighted by molar-refractivity contribution is 5.90. The third-order valence-electron chi connectivity index (χ3n) is 3.89. The first kappa shape index (κ1) is 16.0. The third-order valence-corrected chi connectivity index (χ3v) is 3.89. The number of piperazine rings is 1. The van der Waals surface area contributed by atoms with Crippen molar-refractivity contribution in [3.05, 3.63) is 35.4 Å². The first-order chi connectivity index (χ1) is 10.5. The summed E-state index contributed by atoms with van der Waals surface area (Å²) in [7, 11) is 0. The molecule has 0 spiro atoms. The summed E-state index contributed by atoms with van der Waals surface area (Å²) in [5.41, 5.74) is 0.858. The van der Waals surface area contributed by atoms with Crippen LogP contribution in [0, 0.1) is 0 Å². The molecule has 1 aliphatic rings. The van der Waals surface area contributed by atoms with Gasteiger partial charge in [0.25, 0.3) is 0 Å². The van der Waals surface area contributed by atoms with E-state index in [0.29, 0.717) is 31.5 Å². The molecule has 1 saturated heterocycles. The minimum atomic E-state index is -0.994. The Morgan fingerprint density at radius 2 is 2.09 bits per heavy atom. The molecule has 1 heterocycles. The predicted octanol–water partition coefficient (Wildman–Crippen LogP) is 1.05. The van der Waals surface area contributed by atoms with Crippen LogP contribution >= 0.6 is 0 Å². The first-order valence-electron chi connectivity index (χ1n) is 7.43. The fourth-order valence-electron chi connectivity index (χ4n) is 2.75. The standard InChI is InChI=1S/C16H20N2O4/c1-2-13-15(20)17-9-10-18(13)14(19)8-7-11-5-3-4-6-12(11)16(21)22/h3-6,13H,2,7-10H2,1H3,(H,17,20)(H,21,22). The summed E-state index contributed by atoms with van der Waals surface area (Å²) >= 11 is 0. The lowest BCUT2D eigenvalue weighted by Crippen LogP contribution is -2.56. The molecule has 0 aromatic heterocycles. The zero-order chi connectivity index (χ0) is 16.1. The molecule has 22 heavy (non-hydrogen) atoms. The molecule has 1 aromatic carbocycles. The zero-order valence-electron chi connectivity index (χ0n) is 12.5. The highest BCUT2D eigenvalue weighted by atomic mass is 16.4. The fourth-order valence-corrected chi connectivity index (χ4v) is 2.75. The quantitative estimate of drug-likeness (QED) is 0.851. The minimum Gasteiger partial charge on any atom is -0.478 e. The first-order valence-corrected chi connectivity index (χ1v) is 7.43. The topological polar surface area (TPSA) is 86.7 Å². The van der Waals surface area contributed by atoms with E-state index in [1.54, 1.807) is 23.1 Å². The van der Waals surface area contributed by atoms with Crippen LogP contribution < -0.4 is 5.32 Å². The van der Waals surface area contributed by atoms with Crippen LogP contribution in [0.25, 0.3) is 0 Å². The van der Waals surface area contributed by atoms with E-state index in [9.17, 15) is 14.4 Å². The maximum atomic E-state index is 12.4. The van der Waals surface area contributed by atoms with Gasteiger partial charge in [0, 0.05) is 19.5 Å². The van der Waals surface area contributed by atoms with Gasteiger partial charge in [-0.25, -0.2) is 4.79 Å². The average Bonchev–Trinajstić information content (AvgIpc) is 2.52. The van der Waals surface area contributed by atoms with Gasteiger partial charge in [-0.3, -0.25) is 9.59 Å². The summed E-state index contributed by atoms with van der Waals surface area (Å²) in [6.07, 6.45) is 1.13. The Bertz CT molecular complexity index is 585. The molecule has 0 bridgehead atoms. The van der Waals surface area contributed by atoms with Gasteiger partial charge < -0.3 is 15.3 Å². The van der Waals surface area contributed by atoms with E-state index in [0.717, 1.165) is 0 Å². The normalized spacial score (nSPS) is 18.0. The van der Waals surface area contributed by atoms with E-state index in [1.165, 1.54) is 6.07 Å². The average molecular weight is 304 g/mol. The number of aromatic carboxylic acids is 1. The van der Waals surface area contributed by atoms with Crippen molar-refractivity contribution in [3.8, 4) is 0 Å². The number of hydrogen-bond donors (Lipinski definition) is 2. The molecule has 2 rings (SSSR count). The monoisotopic (exact) mass is 304 g/mol. The van der Waals surface area contributed by atoms with Gasteiger partial charge in [0.05, 0.1) is 5.56 Å². The SMILES string of the molecule is CCC1C(=O)NCCN1C(=O)CCc1ccccc1C(=O)O. The third kappa shape index (κ3) is 3.44. The summed E-state index contributed by atoms with van der Waals surface area (Å²) in [4.78, 5) is 36.9. The number of nitrogens with zero attached hydrogens (tertiary/aromatic N) is 1. The Labute approximate surface area is 129 Å². The van der Waals surface area contributed by atoms with Gasteiger partial charge in [-0.1, -0.05) is 25.1 Å². The van der Waals surface area contributed by atoms with Crippen molar-refractivity contribution in [1.82, 2.24) is 10.2 Å². The van der Waals surface area contributed by atoms with E-state index in [1.807, 2.05) is 6.92 Å². The van der Waals surface area contributed by atoms with Gasteiger partial charge in [-0.05, 0) is 24.5 Å². The second-order valence-corrected chi connectivity index (χ2v) is 5.26. The predicted molar refractivity (Wildman–Crippen MR) is 80.5 cm³/mol. The Kier molecular flexibility index (Phi) is 5.14. The summed E-state index contributed by atoms with van der Waals surface area (Å²) < 4.78 is 0. The molecule has 6 heteroatoms. The largest absolute Gasteiger partial charge is 0.478 e. The number of benzene rings is 1. The highest BCUT2D eigenvalue weighted by Gasteiger charge is 2.31. The van der Waals surface area contributed by atoms with Gasteiger partial charge in [0.2, 0.25) is 11.8 Å². The van der Waals surface area contributed by atoms with Gasteiger partial charge in [-0.2, -0.15) is 0 Å².